The molecule has 0 aliphatic carbocycles. The summed E-state index contributed by atoms with van der Waals surface area (Å²) in [5, 5.41) is 3.85. The molecule has 2 rings (SSSR count). The van der Waals surface area contributed by atoms with Gasteiger partial charge in [-0.15, -0.1) is 0 Å². The van der Waals surface area contributed by atoms with Gasteiger partial charge in [-0.3, -0.25) is 9.59 Å². The van der Waals surface area contributed by atoms with Gasteiger partial charge in [-0.1, -0.05) is 66.0 Å². The first-order chi connectivity index (χ1) is 13.8. The van der Waals surface area contributed by atoms with Gasteiger partial charge in [0.1, 0.15) is 6.04 Å². The van der Waals surface area contributed by atoms with E-state index in [-0.39, 0.29) is 18.4 Å². The molecular weight excluding hydrogens is 407 g/mol. The Bertz CT molecular complexity index is 837. The first-order valence-electron chi connectivity index (χ1n) is 9.92. The molecule has 0 aliphatic heterocycles. The van der Waals surface area contributed by atoms with Crippen LogP contribution in [0, 0.1) is 6.92 Å². The number of hydrogen-bond acceptors (Lipinski definition) is 2. The zero-order chi connectivity index (χ0) is 21.4. The smallest absolute Gasteiger partial charge is 0.242 e. The second-order valence-corrected chi connectivity index (χ2v) is 7.91. The second-order valence-electron chi connectivity index (χ2n) is 7.06. The van der Waals surface area contributed by atoms with Crippen LogP contribution in [-0.4, -0.2) is 29.3 Å². The second kappa shape index (κ2) is 11.2. The van der Waals surface area contributed by atoms with Crippen molar-refractivity contribution in [3.63, 3.8) is 0 Å². The Labute approximate surface area is 183 Å². The Morgan fingerprint density at radius 3 is 2.34 bits per heavy atom. The van der Waals surface area contributed by atoms with Crippen LogP contribution >= 0.6 is 23.2 Å². The number of halogens is 2. The van der Waals surface area contributed by atoms with Crippen molar-refractivity contribution in [1.29, 1.82) is 0 Å². The third-order valence-corrected chi connectivity index (χ3v) is 5.43. The van der Waals surface area contributed by atoms with Crippen LogP contribution in [0.4, 0.5) is 0 Å². The summed E-state index contributed by atoms with van der Waals surface area (Å²) in [4.78, 5) is 27.4. The van der Waals surface area contributed by atoms with E-state index in [1.165, 1.54) is 5.56 Å². The van der Waals surface area contributed by atoms with Crippen LogP contribution in [0.3, 0.4) is 0 Å². The quantitative estimate of drug-likeness (QED) is 0.590. The molecule has 0 radical (unpaired) electrons. The van der Waals surface area contributed by atoms with Gasteiger partial charge in [0.2, 0.25) is 11.8 Å². The summed E-state index contributed by atoms with van der Waals surface area (Å²) in [5.41, 5.74) is 3.04. The topological polar surface area (TPSA) is 49.4 Å². The van der Waals surface area contributed by atoms with Crippen molar-refractivity contribution < 1.29 is 9.59 Å². The van der Waals surface area contributed by atoms with Crippen LogP contribution < -0.4 is 5.32 Å². The molecule has 0 saturated heterocycles. The molecule has 0 spiro atoms. The van der Waals surface area contributed by atoms with Gasteiger partial charge in [-0.25, -0.2) is 0 Å². The lowest BCUT2D eigenvalue weighted by atomic mass is 10.0. The van der Waals surface area contributed by atoms with E-state index in [9.17, 15) is 9.59 Å². The summed E-state index contributed by atoms with van der Waals surface area (Å²) < 4.78 is 0. The minimum absolute atomic E-state index is 0.0744. The third kappa shape index (κ3) is 6.76. The number of nitrogens with zero attached hydrogens (tertiary/aromatic N) is 1. The van der Waals surface area contributed by atoms with Crippen molar-refractivity contribution >= 4 is 35.0 Å². The first kappa shape index (κ1) is 23.2. The molecule has 1 unspecified atom stereocenters. The molecule has 0 aromatic heterocycles. The highest BCUT2D eigenvalue weighted by atomic mass is 35.5. The number of aryl methyl sites for hydroxylation is 2. The molecule has 0 saturated carbocycles. The van der Waals surface area contributed by atoms with Crippen molar-refractivity contribution in [3.05, 3.63) is 69.2 Å². The largest absolute Gasteiger partial charge is 0.355 e. The van der Waals surface area contributed by atoms with E-state index in [0.717, 1.165) is 11.1 Å². The average Bonchev–Trinajstić information content (AvgIpc) is 2.69. The summed E-state index contributed by atoms with van der Waals surface area (Å²) in [7, 11) is 0. The van der Waals surface area contributed by atoms with Crippen molar-refractivity contribution in [2.75, 3.05) is 6.54 Å². The van der Waals surface area contributed by atoms with Crippen LogP contribution in [0.2, 0.25) is 10.0 Å². The molecule has 0 fully saturated rings. The average molecular weight is 435 g/mol. The molecule has 1 atom stereocenters. The fourth-order valence-corrected chi connectivity index (χ4v) is 3.66. The normalized spacial score (nSPS) is 11.8. The van der Waals surface area contributed by atoms with Gasteiger partial charge in [-0.2, -0.15) is 0 Å². The van der Waals surface area contributed by atoms with Crippen LogP contribution in [0.25, 0.3) is 0 Å². The van der Waals surface area contributed by atoms with Crippen molar-refractivity contribution in [2.24, 2.45) is 0 Å². The molecule has 29 heavy (non-hydrogen) atoms. The molecule has 2 amide bonds. The van der Waals surface area contributed by atoms with Crippen LogP contribution in [0.5, 0.6) is 0 Å². The molecular formula is C23H28Cl2N2O2. The number of carbonyl (C=O) groups excluding carboxylic acids is 2. The number of likely N-dealkylation sites (N-methyl/N-ethyl adjacent to an activating group) is 1. The summed E-state index contributed by atoms with van der Waals surface area (Å²) in [6.07, 6.45) is 1.47. The van der Waals surface area contributed by atoms with Crippen molar-refractivity contribution in [1.82, 2.24) is 10.2 Å². The molecule has 0 bridgehead atoms. The van der Waals surface area contributed by atoms with Crippen molar-refractivity contribution in [3.8, 4) is 0 Å². The first-order valence-corrected chi connectivity index (χ1v) is 10.7. The lowest BCUT2D eigenvalue weighted by molar-refractivity contribution is -0.141. The van der Waals surface area contributed by atoms with E-state index in [0.29, 0.717) is 35.9 Å². The molecule has 1 N–H and O–H groups in total. The van der Waals surface area contributed by atoms with Crippen LogP contribution in [-0.2, 0) is 22.6 Å². The standard InChI is InChI=1S/C23H28Cl2N2O2/c1-4-21(23(29)26-5-2)27(15-18-11-12-19(24)14-20(18)25)22(28)13-10-17-8-6-16(3)7-9-17/h6-9,11-12,14,21H,4-5,10,13,15H2,1-3H3,(H,26,29). The Morgan fingerprint density at radius 1 is 1.07 bits per heavy atom. The highest BCUT2D eigenvalue weighted by molar-refractivity contribution is 6.35. The Morgan fingerprint density at radius 2 is 1.76 bits per heavy atom. The van der Waals surface area contributed by atoms with E-state index < -0.39 is 6.04 Å². The van der Waals surface area contributed by atoms with Gasteiger partial charge in [0.25, 0.3) is 0 Å². The number of hydrogen-bond donors (Lipinski definition) is 1. The molecule has 6 heteroatoms. The van der Waals surface area contributed by atoms with E-state index in [1.54, 1.807) is 23.1 Å². The minimum atomic E-state index is -0.549. The molecule has 0 heterocycles. The van der Waals surface area contributed by atoms with E-state index in [1.807, 2.05) is 45.0 Å². The van der Waals surface area contributed by atoms with Gasteiger partial charge in [0, 0.05) is 29.6 Å². The third-order valence-electron chi connectivity index (χ3n) is 4.84. The molecule has 0 aliphatic rings. The number of amides is 2. The van der Waals surface area contributed by atoms with E-state index in [4.69, 9.17) is 23.2 Å². The van der Waals surface area contributed by atoms with Gasteiger partial charge in [0.05, 0.1) is 0 Å². The number of rotatable bonds is 9. The van der Waals surface area contributed by atoms with Gasteiger partial charge >= 0.3 is 0 Å². The van der Waals surface area contributed by atoms with Gasteiger partial charge in [-0.05, 0) is 49.9 Å². The molecule has 156 valence electrons. The number of carbonyl (C=O) groups is 2. The number of benzene rings is 2. The Kier molecular flexibility index (Phi) is 8.99. The van der Waals surface area contributed by atoms with Crippen LogP contribution in [0.15, 0.2) is 42.5 Å². The Balaban J connectivity index is 2.22. The van der Waals surface area contributed by atoms with Crippen LogP contribution in [0.1, 0.15) is 43.4 Å². The monoisotopic (exact) mass is 434 g/mol. The highest BCUT2D eigenvalue weighted by Gasteiger charge is 2.28. The molecule has 4 nitrogen and oxygen atoms in total. The highest BCUT2D eigenvalue weighted by Crippen LogP contribution is 2.24. The minimum Gasteiger partial charge on any atom is -0.355 e. The predicted octanol–water partition coefficient (Wildman–Crippen LogP) is 5.18. The molecule has 2 aromatic carbocycles. The summed E-state index contributed by atoms with van der Waals surface area (Å²) in [6.45, 7) is 6.58. The van der Waals surface area contributed by atoms with E-state index >= 15 is 0 Å². The Hall–Kier alpha value is -2.04. The lowest BCUT2D eigenvalue weighted by Crippen LogP contribution is -2.49. The maximum absolute atomic E-state index is 13.2. The fraction of sp³-hybridized carbons (Fsp3) is 0.391. The fourth-order valence-electron chi connectivity index (χ4n) is 3.19. The zero-order valence-corrected chi connectivity index (χ0v) is 18.7. The molecule has 2 aromatic rings. The maximum atomic E-state index is 13.2. The zero-order valence-electron chi connectivity index (χ0n) is 17.2. The van der Waals surface area contributed by atoms with Gasteiger partial charge in [0.15, 0.2) is 0 Å². The lowest BCUT2D eigenvalue weighted by Gasteiger charge is -2.31. The SMILES string of the molecule is CCNC(=O)C(CC)N(Cc1ccc(Cl)cc1Cl)C(=O)CCc1ccc(C)cc1. The van der Waals surface area contributed by atoms with Gasteiger partial charge < -0.3 is 10.2 Å². The summed E-state index contributed by atoms with van der Waals surface area (Å²) in [5.74, 6) is -0.224. The summed E-state index contributed by atoms with van der Waals surface area (Å²) in [6, 6.07) is 12.8. The number of nitrogens with one attached hydrogen (secondary N) is 1. The summed E-state index contributed by atoms with van der Waals surface area (Å²) >= 11 is 12.3. The maximum Gasteiger partial charge on any atom is 0.242 e. The van der Waals surface area contributed by atoms with E-state index in [2.05, 4.69) is 5.32 Å². The van der Waals surface area contributed by atoms with Crippen molar-refractivity contribution in [2.45, 2.75) is 52.6 Å². The predicted molar refractivity (Wildman–Crippen MR) is 119 cm³/mol.